The normalized spacial score (nSPS) is 19.5. The van der Waals surface area contributed by atoms with Crippen molar-refractivity contribution in [1.82, 2.24) is 9.80 Å². The van der Waals surface area contributed by atoms with Crippen LogP contribution in [0.1, 0.15) is 43.7 Å². The van der Waals surface area contributed by atoms with Gasteiger partial charge in [0.2, 0.25) is 0 Å². The van der Waals surface area contributed by atoms with Crippen molar-refractivity contribution in [2.45, 2.75) is 39.0 Å². The van der Waals surface area contributed by atoms with Crippen LogP contribution in [0.15, 0.2) is 79.5 Å². The first-order valence-electron chi connectivity index (χ1n) is 12.2. The third kappa shape index (κ3) is 4.41. The Morgan fingerprint density at radius 3 is 1.88 bits per heavy atom. The fourth-order valence-electron chi connectivity index (χ4n) is 4.85. The second-order valence-corrected chi connectivity index (χ2v) is 10.3. The summed E-state index contributed by atoms with van der Waals surface area (Å²) in [6, 6.07) is 17.9. The van der Waals surface area contributed by atoms with Crippen LogP contribution in [0, 0.1) is 11.3 Å². The molecule has 0 radical (unpaired) electrons. The van der Waals surface area contributed by atoms with E-state index in [-0.39, 0.29) is 0 Å². The monoisotopic (exact) mass is 424 g/mol. The molecule has 0 atom stereocenters. The molecule has 3 aliphatic rings. The number of piperazine rings is 1. The van der Waals surface area contributed by atoms with E-state index in [0.29, 0.717) is 5.41 Å². The Bertz CT molecular complexity index is 1010. The number of hydrogen-bond donors (Lipinski definition) is 0. The van der Waals surface area contributed by atoms with Crippen LogP contribution in [0.4, 0.5) is 0 Å². The van der Waals surface area contributed by atoms with Gasteiger partial charge in [-0.2, -0.15) is 0 Å². The lowest BCUT2D eigenvalue weighted by Gasteiger charge is -2.40. The average Bonchev–Trinajstić information content (AvgIpc) is 3.76. The lowest BCUT2D eigenvalue weighted by Crippen LogP contribution is -2.45. The third-order valence-electron chi connectivity index (χ3n) is 7.83. The zero-order valence-electron chi connectivity index (χ0n) is 19.6. The van der Waals surface area contributed by atoms with Crippen LogP contribution in [-0.2, 0) is 6.42 Å². The highest BCUT2D eigenvalue weighted by Gasteiger charge is 2.42. The van der Waals surface area contributed by atoms with Crippen LogP contribution in [0.2, 0.25) is 0 Å². The fraction of sp³-hybridized carbons (Fsp3) is 0.400. The molecule has 3 fully saturated rings. The number of rotatable bonds is 8. The van der Waals surface area contributed by atoms with Gasteiger partial charge in [0.05, 0.1) is 0 Å². The minimum absolute atomic E-state index is 0.373. The Labute approximate surface area is 193 Å². The first kappa shape index (κ1) is 21.1. The maximum absolute atomic E-state index is 4.42. The summed E-state index contributed by atoms with van der Waals surface area (Å²) >= 11 is 0. The van der Waals surface area contributed by atoms with E-state index in [9.17, 15) is 0 Å². The minimum atomic E-state index is 0.373. The number of allylic oxidation sites excluding steroid dienone is 2. The first-order valence-corrected chi connectivity index (χ1v) is 12.2. The van der Waals surface area contributed by atoms with Crippen molar-refractivity contribution in [1.29, 1.82) is 0 Å². The smallest absolute Gasteiger partial charge is 0.0368 e. The Morgan fingerprint density at radius 2 is 1.34 bits per heavy atom. The summed E-state index contributed by atoms with van der Waals surface area (Å²) in [7, 11) is 0. The Hall–Kier alpha value is -2.74. The van der Waals surface area contributed by atoms with E-state index in [4.69, 9.17) is 0 Å². The van der Waals surface area contributed by atoms with E-state index in [0.717, 1.165) is 44.2 Å². The third-order valence-corrected chi connectivity index (χ3v) is 7.83. The van der Waals surface area contributed by atoms with Crippen LogP contribution < -0.4 is 0 Å². The molecule has 0 spiro atoms. The van der Waals surface area contributed by atoms with Gasteiger partial charge in [0.15, 0.2) is 0 Å². The Kier molecular flexibility index (Phi) is 5.49. The molecule has 2 aromatic carbocycles. The maximum Gasteiger partial charge on any atom is 0.0368 e. The standard InChI is InChI=1S/C30H36N2/c1-22(26-9-10-26)21-25-5-7-28(8-6-25)29-13-11-27(12-14-29)23(2)31-17-19-32(20-18-31)24(3)30(4)15-16-30/h5-8,11-14,26H,1-3,9-10,15-21H2,4H3. The molecule has 0 N–H and O–H groups in total. The zero-order chi connectivity index (χ0) is 22.3. The summed E-state index contributed by atoms with van der Waals surface area (Å²) in [6.45, 7) is 19.5. The summed E-state index contributed by atoms with van der Waals surface area (Å²) in [5.74, 6) is 0.776. The highest BCUT2D eigenvalue weighted by molar-refractivity contribution is 5.69. The van der Waals surface area contributed by atoms with Crippen molar-refractivity contribution in [3.63, 3.8) is 0 Å². The molecule has 2 saturated carbocycles. The van der Waals surface area contributed by atoms with Gasteiger partial charge in [-0.3, -0.25) is 0 Å². The number of benzene rings is 2. The van der Waals surface area contributed by atoms with Crippen molar-refractivity contribution in [2.75, 3.05) is 26.2 Å². The average molecular weight is 425 g/mol. The highest BCUT2D eigenvalue weighted by Crippen LogP contribution is 2.51. The molecule has 5 rings (SSSR count). The second kappa shape index (κ2) is 8.31. The van der Waals surface area contributed by atoms with E-state index in [1.807, 2.05) is 0 Å². The fourth-order valence-corrected chi connectivity index (χ4v) is 4.85. The molecule has 2 nitrogen and oxygen atoms in total. The lowest BCUT2D eigenvalue weighted by atomic mass is 9.98. The molecule has 32 heavy (non-hydrogen) atoms. The summed E-state index contributed by atoms with van der Waals surface area (Å²) in [6.07, 6.45) is 6.27. The summed E-state index contributed by atoms with van der Waals surface area (Å²) < 4.78 is 0. The Morgan fingerprint density at radius 1 is 0.812 bits per heavy atom. The largest absolute Gasteiger partial charge is 0.371 e. The van der Waals surface area contributed by atoms with E-state index < -0.39 is 0 Å². The van der Waals surface area contributed by atoms with Crippen LogP contribution in [0.3, 0.4) is 0 Å². The molecule has 2 heteroatoms. The molecule has 1 aliphatic heterocycles. The van der Waals surface area contributed by atoms with Crippen molar-refractivity contribution in [3.8, 4) is 11.1 Å². The molecular formula is C30H36N2. The van der Waals surface area contributed by atoms with Crippen LogP contribution in [0.25, 0.3) is 16.8 Å². The van der Waals surface area contributed by atoms with E-state index in [2.05, 4.69) is 85.0 Å². The molecule has 0 unspecified atom stereocenters. The van der Waals surface area contributed by atoms with Crippen LogP contribution in [0.5, 0.6) is 0 Å². The summed E-state index contributed by atoms with van der Waals surface area (Å²) in [5, 5.41) is 0. The summed E-state index contributed by atoms with van der Waals surface area (Å²) in [5.41, 5.74) is 9.35. The van der Waals surface area contributed by atoms with Crippen molar-refractivity contribution in [3.05, 3.63) is 90.7 Å². The quantitative estimate of drug-likeness (QED) is 0.432. The lowest BCUT2D eigenvalue weighted by molar-refractivity contribution is 0.196. The molecule has 0 aromatic heterocycles. The van der Waals surface area contributed by atoms with E-state index in [1.54, 1.807) is 0 Å². The molecule has 1 heterocycles. The molecule has 166 valence electrons. The second-order valence-electron chi connectivity index (χ2n) is 10.3. The first-order chi connectivity index (χ1) is 15.4. The van der Waals surface area contributed by atoms with Gasteiger partial charge in [-0.15, -0.1) is 0 Å². The van der Waals surface area contributed by atoms with Gasteiger partial charge in [0.25, 0.3) is 0 Å². The van der Waals surface area contributed by atoms with Gasteiger partial charge in [-0.05, 0) is 60.3 Å². The van der Waals surface area contributed by atoms with E-state index in [1.165, 1.54) is 59.2 Å². The van der Waals surface area contributed by atoms with Gasteiger partial charge in [0.1, 0.15) is 0 Å². The zero-order valence-corrected chi connectivity index (χ0v) is 19.6. The minimum Gasteiger partial charge on any atom is -0.371 e. The van der Waals surface area contributed by atoms with Gasteiger partial charge >= 0.3 is 0 Å². The van der Waals surface area contributed by atoms with Gasteiger partial charge < -0.3 is 9.80 Å². The van der Waals surface area contributed by atoms with Crippen molar-refractivity contribution < 1.29 is 0 Å². The molecular weight excluding hydrogens is 388 g/mol. The highest BCUT2D eigenvalue weighted by atomic mass is 15.3. The molecule has 0 amide bonds. The number of hydrogen-bond acceptors (Lipinski definition) is 2. The predicted molar refractivity (Wildman–Crippen MR) is 136 cm³/mol. The Balaban J connectivity index is 1.18. The summed E-state index contributed by atoms with van der Waals surface area (Å²) in [4.78, 5) is 4.92. The SMILES string of the molecule is C=C(Cc1ccc(-c2ccc(C(=C)N3CCN(C(=C)C4(C)CC4)CC3)cc2)cc1)C1CC1. The van der Waals surface area contributed by atoms with Crippen LogP contribution >= 0.6 is 0 Å². The van der Waals surface area contributed by atoms with E-state index >= 15 is 0 Å². The van der Waals surface area contributed by atoms with Crippen molar-refractivity contribution in [2.24, 2.45) is 11.3 Å². The molecule has 2 aromatic rings. The molecule has 1 saturated heterocycles. The van der Waals surface area contributed by atoms with Gasteiger partial charge in [0, 0.05) is 43.0 Å². The molecule has 0 bridgehead atoms. The van der Waals surface area contributed by atoms with Crippen LogP contribution in [-0.4, -0.2) is 36.0 Å². The topological polar surface area (TPSA) is 6.48 Å². The van der Waals surface area contributed by atoms with Gasteiger partial charge in [-0.25, -0.2) is 0 Å². The maximum atomic E-state index is 4.42. The number of nitrogens with zero attached hydrogens (tertiary/aromatic N) is 2. The predicted octanol–water partition coefficient (Wildman–Crippen LogP) is 6.76. The van der Waals surface area contributed by atoms with Crippen molar-refractivity contribution >= 4 is 5.70 Å². The molecule has 2 aliphatic carbocycles. The van der Waals surface area contributed by atoms with Gasteiger partial charge in [-0.1, -0.05) is 80.8 Å².